The Labute approximate surface area is 84.6 Å². The van der Waals surface area contributed by atoms with Crippen molar-refractivity contribution in [2.45, 2.75) is 0 Å². The largest absolute Gasteiger partial charge is 0.236 e. The Kier molecular flexibility index (Phi) is 1.62. The number of hydrogen-bond acceptors (Lipinski definition) is 3. The highest BCUT2D eigenvalue weighted by Gasteiger charge is 2.08. The summed E-state index contributed by atoms with van der Waals surface area (Å²) in [7, 11) is 0. The summed E-state index contributed by atoms with van der Waals surface area (Å²) in [5.74, 6) is -0.309. The third kappa shape index (κ3) is 1.15. The standard InChI is InChI=1S/C11H6FN3/c12-9-7-3-1-5-13-10(7)15-11-8(9)4-2-6-14-11/h1-6H. The second kappa shape index (κ2) is 2.95. The van der Waals surface area contributed by atoms with Gasteiger partial charge in [-0.25, -0.2) is 19.3 Å². The van der Waals surface area contributed by atoms with Crippen molar-refractivity contribution in [1.82, 2.24) is 15.0 Å². The molecule has 0 fully saturated rings. The Bertz CT molecular complexity index is 597. The zero-order valence-corrected chi connectivity index (χ0v) is 7.68. The van der Waals surface area contributed by atoms with E-state index in [0.717, 1.165) is 0 Å². The quantitative estimate of drug-likeness (QED) is 0.521. The number of fused-ring (bicyclic) bond motifs is 2. The minimum atomic E-state index is -0.309. The molecule has 0 unspecified atom stereocenters. The van der Waals surface area contributed by atoms with Gasteiger partial charge < -0.3 is 0 Å². The smallest absolute Gasteiger partial charge is 0.164 e. The number of hydrogen-bond donors (Lipinski definition) is 0. The molecular weight excluding hydrogens is 193 g/mol. The van der Waals surface area contributed by atoms with Crippen molar-refractivity contribution in [2.24, 2.45) is 0 Å². The maximum Gasteiger partial charge on any atom is 0.164 e. The van der Waals surface area contributed by atoms with Crippen molar-refractivity contribution in [1.29, 1.82) is 0 Å². The van der Waals surface area contributed by atoms with Gasteiger partial charge in [-0.2, -0.15) is 0 Å². The van der Waals surface area contributed by atoms with Crippen LogP contribution < -0.4 is 0 Å². The fourth-order valence-corrected chi connectivity index (χ4v) is 1.56. The van der Waals surface area contributed by atoms with Crippen LogP contribution in [0.4, 0.5) is 4.39 Å². The van der Waals surface area contributed by atoms with Crippen molar-refractivity contribution in [2.75, 3.05) is 0 Å². The molecule has 0 aliphatic rings. The summed E-state index contributed by atoms with van der Waals surface area (Å²) < 4.78 is 13.9. The van der Waals surface area contributed by atoms with Crippen molar-refractivity contribution >= 4 is 22.1 Å². The highest BCUT2D eigenvalue weighted by atomic mass is 19.1. The van der Waals surface area contributed by atoms with E-state index in [4.69, 9.17) is 0 Å². The zero-order valence-electron chi connectivity index (χ0n) is 7.68. The van der Waals surface area contributed by atoms with E-state index in [1.165, 1.54) is 0 Å². The third-order valence-electron chi connectivity index (χ3n) is 2.26. The van der Waals surface area contributed by atoms with Crippen LogP contribution in [-0.2, 0) is 0 Å². The van der Waals surface area contributed by atoms with Crippen LogP contribution in [0.25, 0.3) is 22.1 Å². The van der Waals surface area contributed by atoms with Gasteiger partial charge in [-0.1, -0.05) is 0 Å². The van der Waals surface area contributed by atoms with Gasteiger partial charge in [-0.15, -0.1) is 0 Å². The topological polar surface area (TPSA) is 38.7 Å². The Morgan fingerprint density at radius 2 is 1.40 bits per heavy atom. The Morgan fingerprint density at radius 3 is 1.93 bits per heavy atom. The summed E-state index contributed by atoms with van der Waals surface area (Å²) in [6.45, 7) is 0. The van der Waals surface area contributed by atoms with Crippen molar-refractivity contribution in [3.05, 3.63) is 42.5 Å². The molecule has 15 heavy (non-hydrogen) atoms. The molecule has 0 aliphatic heterocycles. The Hall–Kier alpha value is -2.10. The molecule has 0 saturated carbocycles. The maximum atomic E-state index is 13.9. The molecule has 0 saturated heterocycles. The van der Waals surface area contributed by atoms with Crippen LogP contribution >= 0.6 is 0 Å². The number of nitrogens with zero attached hydrogens (tertiary/aromatic N) is 3. The maximum absolute atomic E-state index is 13.9. The molecule has 0 spiro atoms. The van der Waals surface area contributed by atoms with E-state index in [2.05, 4.69) is 15.0 Å². The van der Waals surface area contributed by atoms with Gasteiger partial charge in [0.25, 0.3) is 0 Å². The molecule has 0 bridgehead atoms. The summed E-state index contributed by atoms with van der Waals surface area (Å²) in [4.78, 5) is 12.2. The molecule has 3 rings (SSSR count). The Balaban J connectivity index is 2.60. The van der Waals surface area contributed by atoms with Crippen LogP contribution in [-0.4, -0.2) is 15.0 Å². The van der Waals surface area contributed by atoms with Crippen LogP contribution in [0.1, 0.15) is 0 Å². The normalized spacial score (nSPS) is 11.0. The van der Waals surface area contributed by atoms with E-state index in [1.54, 1.807) is 36.7 Å². The number of halogens is 1. The Morgan fingerprint density at radius 1 is 0.867 bits per heavy atom. The average molecular weight is 199 g/mol. The lowest BCUT2D eigenvalue weighted by atomic mass is 10.2. The molecular formula is C11H6FN3. The first kappa shape index (κ1) is 8.23. The van der Waals surface area contributed by atoms with Crippen molar-refractivity contribution in [3.8, 4) is 0 Å². The van der Waals surface area contributed by atoms with E-state index in [-0.39, 0.29) is 5.82 Å². The van der Waals surface area contributed by atoms with Gasteiger partial charge in [0.2, 0.25) is 0 Å². The predicted octanol–water partition coefficient (Wildman–Crippen LogP) is 2.32. The fraction of sp³-hybridized carbons (Fsp3) is 0. The minimum Gasteiger partial charge on any atom is -0.236 e. The van der Waals surface area contributed by atoms with E-state index < -0.39 is 0 Å². The molecule has 3 aromatic rings. The van der Waals surface area contributed by atoms with E-state index in [0.29, 0.717) is 22.1 Å². The first-order chi connectivity index (χ1) is 7.36. The zero-order chi connectivity index (χ0) is 10.3. The van der Waals surface area contributed by atoms with E-state index in [1.807, 2.05) is 0 Å². The summed E-state index contributed by atoms with van der Waals surface area (Å²) in [5.41, 5.74) is 0.780. The molecule has 3 heterocycles. The van der Waals surface area contributed by atoms with Crippen molar-refractivity contribution < 1.29 is 4.39 Å². The lowest BCUT2D eigenvalue weighted by Crippen LogP contribution is -1.91. The lowest BCUT2D eigenvalue weighted by Gasteiger charge is -2.01. The molecule has 3 aromatic heterocycles. The summed E-state index contributed by atoms with van der Waals surface area (Å²) in [5, 5.41) is 0.857. The average Bonchev–Trinajstić information content (AvgIpc) is 2.30. The van der Waals surface area contributed by atoms with E-state index >= 15 is 0 Å². The van der Waals surface area contributed by atoms with Crippen molar-refractivity contribution in [3.63, 3.8) is 0 Å². The summed E-state index contributed by atoms with van der Waals surface area (Å²) in [6, 6.07) is 6.71. The number of aromatic nitrogens is 3. The SMILES string of the molecule is Fc1c2cccnc2nc2ncccc12. The molecule has 0 aliphatic carbocycles. The van der Waals surface area contributed by atoms with Gasteiger partial charge in [0.1, 0.15) is 5.82 Å². The predicted molar refractivity (Wildman–Crippen MR) is 54.8 cm³/mol. The monoisotopic (exact) mass is 199 g/mol. The van der Waals surface area contributed by atoms with Gasteiger partial charge in [-0.3, -0.25) is 0 Å². The van der Waals surface area contributed by atoms with Crippen LogP contribution in [0.5, 0.6) is 0 Å². The second-order valence-corrected chi connectivity index (χ2v) is 3.17. The van der Waals surface area contributed by atoms with Gasteiger partial charge >= 0.3 is 0 Å². The van der Waals surface area contributed by atoms with Gasteiger partial charge in [0.15, 0.2) is 11.3 Å². The van der Waals surface area contributed by atoms with Crippen LogP contribution in [0.2, 0.25) is 0 Å². The highest BCUT2D eigenvalue weighted by molar-refractivity contribution is 5.89. The molecule has 3 nitrogen and oxygen atoms in total. The number of rotatable bonds is 0. The van der Waals surface area contributed by atoms with Crippen LogP contribution in [0, 0.1) is 5.82 Å². The number of pyridine rings is 3. The molecule has 4 heteroatoms. The third-order valence-corrected chi connectivity index (χ3v) is 2.26. The first-order valence-electron chi connectivity index (χ1n) is 4.51. The van der Waals surface area contributed by atoms with E-state index in [9.17, 15) is 4.39 Å². The summed E-state index contributed by atoms with van der Waals surface area (Å²) >= 11 is 0. The molecule has 72 valence electrons. The van der Waals surface area contributed by atoms with Gasteiger partial charge in [0.05, 0.1) is 10.8 Å². The highest BCUT2D eigenvalue weighted by Crippen LogP contribution is 2.21. The van der Waals surface area contributed by atoms with Crippen LogP contribution in [0.15, 0.2) is 36.7 Å². The molecule has 0 radical (unpaired) electrons. The molecule has 0 N–H and O–H groups in total. The summed E-state index contributed by atoms with van der Waals surface area (Å²) in [6.07, 6.45) is 3.17. The van der Waals surface area contributed by atoms with Gasteiger partial charge in [-0.05, 0) is 24.3 Å². The molecule has 0 amide bonds. The fourth-order valence-electron chi connectivity index (χ4n) is 1.56. The van der Waals surface area contributed by atoms with Gasteiger partial charge in [0, 0.05) is 12.4 Å². The molecule has 0 aromatic carbocycles. The lowest BCUT2D eigenvalue weighted by molar-refractivity contribution is 0.650. The van der Waals surface area contributed by atoms with Crippen LogP contribution in [0.3, 0.4) is 0 Å². The molecule has 0 atom stereocenters. The second-order valence-electron chi connectivity index (χ2n) is 3.17. The minimum absolute atomic E-state index is 0.309. The first-order valence-corrected chi connectivity index (χ1v) is 4.51.